The molecular formula is C25H25N3O2. The lowest BCUT2D eigenvalue weighted by atomic mass is 9.88. The van der Waals surface area contributed by atoms with E-state index < -0.39 is 0 Å². The van der Waals surface area contributed by atoms with E-state index in [1.54, 1.807) is 14.2 Å². The van der Waals surface area contributed by atoms with Crippen LogP contribution in [0.3, 0.4) is 0 Å². The topological polar surface area (TPSA) is 39.5 Å². The van der Waals surface area contributed by atoms with Gasteiger partial charge < -0.3 is 14.0 Å². The fraction of sp³-hybridized carbons (Fsp3) is 0.240. The number of hydrogen-bond acceptors (Lipinski definition) is 4. The number of ether oxygens (including phenoxy) is 2. The summed E-state index contributed by atoms with van der Waals surface area (Å²) < 4.78 is 13.4. The molecule has 1 aromatic heterocycles. The van der Waals surface area contributed by atoms with Crippen molar-refractivity contribution in [3.8, 4) is 11.5 Å². The third-order valence-corrected chi connectivity index (χ3v) is 5.95. The summed E-state index contributed by atoms with van der Waals surface area (Å²) >= 11 is 0. The summed E-state index contributed by atoms with van der Waals surface area (Å²) in [6.07, 6.45) is 2.91. The van der Waals surface area contributed by atoms with Gasteiger partial charge in [0, 0.05) is 6.54 Å². The largest absolute Gasteiger partial charge is 0.493 e. The first kappa shape index (κ1) is 18.7. The van der Waals surface area contributed by atoms with Crippen molar-refractivity contribution in [1.82, 2.24) is 14.5 Å². The Morgan fingerprint density at radius 1 is 0.933 bits per heavy atom. The highest BCUT2D eigenvalue weighted by Crippen LogP contribution is 2.41. The van der Waals surface area contributed by atoms with Gasteiger partial charge in [-0.1, -0.05) is 42.5 Å². The van der Waals surface area contributed by atoms with Gasteiger partial charge in [-0.15, -0.1) is 0 Å². The highest BCUT2D eigenvalue weighted by atomic mass is 16.5. The first-order valence-corrected chi connectivity index (χ1v) is 10.2. The molecule has 152 valence electrons. The van der Waals surface area contributed by atoms with Crippen molar-refractivity contribution in [2.45, 2.75) is 19.1 Å². The zero-order valence-corrected chi connectivity index (χ0v) is 17.3. The maximum atomic E-state index is 5.63. The molecule has 0 amide bonds. The van der Waals surface area contributed by atoms with Gasteiger partial charge in [-0.25, -0.2) is 4.98 Å². The Kier molecular flexibility index (Phi) is 4.89. The third-order valence-electron chi connectivity index (χ3n) is 5.95. The number of benzene rings is 3. The fourth-order valence-electron chi connectivity index (χ4n) is 4.49. The third kappa shape index (κ3) is 3.21. The number of fused-ring (bicyclic) bond motifs is 2. The minimum Gasteiger partial charge on any atom is -0.493 e. The van der Waals surface area contributed by atoms with E-state index in [4.69, 9.17) is 9.47 Å². The minimum atomic E-state index is 0.135. The van der Waals surface area contributed by atoms with E-state index in [0.717, 1.165) is 42.2 Å². The van der Waals surface area contributed by atoms with Crippen molar-refractivity contribution in [2.75, 3.05) is 20.8 Å². The zero-order chi connectivity index (χ0) is 20.5. The van der Waals surface area contributed by atoms with Gasteiger partial charge in [0.15, 0.2) is 11.5 Å². The molecule has 0 fully saturated rings. The molecule has 1 aliphatic rings. The molecule has 0 N–H and O–H groups in total. The lowest BCUT2D eigenvalue weighted by molar-refractivity contribution is 0.167. The van der Waals surface area contributed by atoms with Gasteiger partial charge in [0.2, 0.25) is 0 Å². The molecule has 1 atom stereocenters. The quantitative estimate of drug-likeness (QED) is 0.489. The summed E-state index contributed by atoms with van der Waals surface area (Å²) in [5.41, 5.74) is 6.04. The molecule has 0 radical (unpaired) electrons. The number of imidazole rings is 1. The molecule has 30 heavy (non-hydrogen) atoms. The van der Waals surface area contributed by atoms with Gasteiger partial charge in [-0.3, -0.25) is 4.90 Å². The van der Waals surface area contributed by atoms with Gasteiger partial charge in [0.25, 0.3) is 0 Å². The Balaban J connectivity index is 1.59. The average Bonchev–Trinajstić information content (AvgIpc) is 3.21. The maximum Gasteiger partial charge on any atom is 0.161 e. The normalized spacial score (nSPS) is 16.4. The van der Waals surface area contributed by atoms with Gasteiger partial charge in [-0.2, -0.15) is 0 Å². The molecule has 5 heteroatoms. The zero-order valence-electron chi connectivity index (χ0n) is 17.3. The summed E-state index contributed by atoms with van der Waals surface area (Å²) in [5.74, 6) is 1.56. The van der Waals surface area contributed by atoms with E-state index in [1.807, 2.05) is 12.4 Å². The number of para-hydroxylation sites is 2. The Morgan fingerprint density at radius 3 is 2.47 bits per heavy atom. The van der Waals surface area contributed by atoms with Crippen LogP contribution < -0.4 is 9.47 Å². The van der Waals surface area contributed by atoms with Gasteiger partial charge in [0.1, 0.15) is 0 Å². The Bertz CT molecular complexity index is 1170. The number of hydrogen-bond donors (Lipinski definition) is 0. The van der Waals surface area contributed by atoms with Crippen LogP contribution in [0.5, 0.6) is 11.5 Å². The van der Waals surface area contributed by atoms with E-state index in [0.29, 0.717) is 0 Å². The molecule has 5 rings (SSSR count). The van der Waals surface area contributed by atoms with E-state index in [2.05, 4.69) is 75.1 Å². The van der Waals surface area contributed by atoms with Crippen molar-refractivity contribution in [1.29, 1.82) is 0 Å². The van der Waals surface area contributed by atoms with E-state index in [1.165, 1.54) is 16.7 Å². The molecule has 0 unspecified atom stereocenters. The van der Waals surface area contributed by atoms with Crippen LogP contribution in [-0.2, 0) is 13.1 Å². The molecule has 0 saturated heterocycles. The van der Waals surface area contributed by atoms with Crippen LogP contribution in [0.25, 0.3) is 11.0 Å². The Morgan fingerprint density at radius 2 is 1.67 bits per heavy atom. The van der Waals surface area contributed by atoms with Gasteiger partial charge >= 0.3 is 0 Å². The first-order chi connectivity index (χ1) is 14.8. The van der Waals surface area contributed by atoms with E-state index >= 15 is 0 Å². The van der Waals surface area contributed by atoms with Crippen LogP contribution in [0.1, 0.15) is 22.7 Å². The number of rotatable bonds is 5. The Hall–Kier alpha value is -3.31. The van der Waals surface area contributed by atoms with Crippen molar-refractivity contribution >= 4 is 11.0 Å². The van der Waals surface area contributed by atoms with Crippen LogP contribution in [-0.4, -0.2) is 35.2 Å². The van der Waals surface area contributed by atoms with Crippen LogP contribution in [0.15, 0.2) is 73.1 Å². The monoisotopic (exact) mass is 399 g/mol. The molecule has 1 aliphatic heterocycles. The summed E-state index contributed by atoms with van der Waals surface area (Å²) in [4.78, 5) is 7.09. The van der Waals surface area contributed by atoms with Crippen molar-refractivity contribution in [3.63, 3.8) is 0 Å². The van der Waals surface area contributed by atoms with Crippen LogP contribution in [0.4, 0.5) is 0 Å². The second-order valence-electron chi connectivity index (χ2n) is 7.63. The molecule has 2 heterocycles. The molecule has 5 nitrogen and oxygen atoms in total. The lowest BCUT2D eigenvalue weighted by Gasteiger charge is -2.38. The number of aromatic nitrogens is 2. The minimum absolute atomic E-state index is 0.135. The number of methoxy groups -OCH3 is 2. The van der Waals surface area contributed by atoms with Crippen LogP contribution in [0, 0.1) is 0 Å². The maximum absolute atomic E-state index is 5.63. The molecule has 0 aliphatic carbocycles. The second kappa shape index (κ2) is 7.84. The summed E-state index contributed by atoms with van der Waals surface area (Å²) in [6, 6.07) is 23.4. The molecular weight excluding hydrogens is 374 g/mol. The smallest absolute Gasteiger partial charge is 0.161 e. The summed E-state index contributed by atoms with van der Waals surface area (Å²) in [5, 5.41) is 0. The summed E-state index contributed by atoms with van der Waals surface area (Å²) in [6.45, 7) is 1.72. The van der Waals surface area contributed by atoms with Gasteiger partial charge in [-0.05, 0) is 47.4 Å². The van der Waals surface area contributed by atoms with Crippen molar-refractivity contribution in [2.24, 2.45) is 0 Å². The van der Waals surface area contributed by atoms with E-state index in [9.17, 15) is 0 Å². The van der Waals surface area contributed by atoms with Gasteiger partial charge in [0.05, 0.1) is 44.3 Å². The van der Waals surface area contributed by atoms with Crippen LogP contribution >= 0.6 is 0 Å². The molecule has 3 aromatic carbocycles. The van der Waals surface area contributed by atoms with Crippen LogP contribution in [0.2, 0.25) is 0 Å². The van der Waals surface area contributed by atoms with E-state index in [-0.39, 0.29) is 6.04 Å². The SMILES string of the molecule is COc1cc2c(cc1OC)[C@H](c1ccccc1)N(Cn1cnc3ccccc31)CC2. The summed E-state index contributed by atoms with van der Waals surface area (Å²) in [7, 11) is 3.39. The Labute approximate surface area is 176 Å². The first-order valence-electron chi connectivity index (χ1n) is 10.2. The molecule has 0 spiro atoms. The second-order valence-corrected chi connectivity index (χ2v) is 7.63. The standard InChI is InChI=1S/C25H25N3O2/c1-29-23-14-19-12-13-27(17-28-16-26-21-10-6-7-11-22(21)28)25(18-8-4-3-5-9-18)20(19)15-24(23)30-2/h3-11,14-16,25H,12-13,17H2,1-2H3/t25-/m0/s1. The lowest BCUT2D eigenvalue weighted by Crippen LogP contribution is -2.37. The highest BCUT2D eigenvalue weighted by molar-refractivity contribution is 5.74. The molecule has 0 saturated carbocycles. The fourth-order valence-corrected chi connectivity index (χ4v) is 4.49. The average molecular weight is 399 g/mol. The predicted molar refractivity (Wildman–Crippen MR) is 118 cm³/mol. The molecule has 4 aromatic rings. The van der Waals surface area contributed by atoms with Crippen molar-refractivity contribution < 1.29 is 9.47 Å². The predicted octanol–water partition coefficient (Wildman–Crippen LogP) is 4.66. The number of nitrogens with zero attached hydrogens (tertiary/aromatic N) is 3. The van der Waals surface area contributed by atoms with Crippen molar-refractivity contribution in [3.05, 3.63) is 89.7 Å². The molecule has 0 bridgehead atoms. The highest BCUT2D eigenvalue weighted by Gasteiger charge is 2.30.